The normalized spacial score (nSPS) is 11.6. The molecule has 0 aliphatic carbocycles. The molecule has 0 unspecified atom stereocenters. The number of rotatable bonds is 11. The first-order chi connectivity index (χ1) is 24.4. The van der Waals surface area contributed by atoms with E-state index >= 15 is 0 Å². The van der Waals surface area contributed by atoms with Gasteiger partial charge in [0.25, 0.3) is 0 Å². The van der Waals surface area contributed by atoms with Crippen LogP contribution in [-0.2, 0) is 5.41 Å². The third-order valence-corrected chi connectivity index (χ3v) is 9.85. The van der Waals surface area contributed by atoms with E-state index in [-0.39, 0.29) is 26.4 Å². The van der Waals surface area contributed by atoms with Crippen LogP contribution in [0, 0.1) is 13.8 Å². The predicted molar refractivity (Wildman–Crippen MR) is 205 cm³/mol. The Morgan fingerprint density at radius 1 is 0.460 bits per heavy atom. The van der Waals surface area contributed by atoms with Gasteiger partial charge in [-0.2, -0.15) is 0 Å². The Morgan fingerprint density at radius 3 is 1.32 bits per heavy atom. The van der Waals surface area contributed by atoms with Gasteiger partial charge in [-0.05, 0) is 106 Å². The molecule has 50 heavy (non-hydrogen) atoms. The van der Waals surface area contributed by atoms with Crippen LogP contribution in [0.2, 0.25) is 0 Å². The van der Waals surface area contributed by atoms with Gasteiger partial charge in [-0.15, -0.1) is 0 Å². The Labute approximate surface area is 294 Å². The van der Waals surface area contributed by atoms with Crippen LogP contribution in [-0.4, -0.2) is 36.6 Å². The quantitative estimate of drug-likeness (QED) is 0.136. The molecule has 0 aliphatic rings. The molecule has 7 rings (SSSR count). The minimum atomic E-state index is -0.584. The highest BCUT2D eigenvalue weighted by Crippen LogP contribution is 2.47. The summed E-state index contributed by atoms with van der Waals surface area (Å²) < 4.78 is 12.5. The Hall–Kier alpha value is -5.42. The maximum absolute atomic E-state index is 9.73. The van der Waals surface area contributed by atoms with Gasteiger partial charge in [0, 0.05) is 16.5 Å². The van der Waals surface area contributed by atoms with Crippen molar-refractivity contribution in [3.63, 3.8) is 0 Å². The minimum absolute atomic E-state index is 0.0678. The molecule has 4 nitrogen and oxygen atoms in total. The van der Waals surface area contributed by atoms with Crippen LogP contribution in [0.4, 0.5) is 0 Å². The Bertz CT molecular complexity index is 2150. The molecule has 250 valence electrons. The minimum Gasteiger partial charge on any atom is -0.490 e. The third kappa shape index (κ3) is 6.24. The zero-order valence-electron chi connectivity index (χ0n) is 28.8. The summed E-state index contributed by atoms with van der Waals surface area (Å²) in [6, 6.07) is 49.4. The average Bonchev–Trinajstić information content (AvgIpc) is 3.16. The molecule has 0 amide bonds. The average molecular weight is 659 g/mol. The lowest BCUT2D eigenvalue weighted by Crippen LogP contribution is -2.26. The van der Waals surface area contributed by atoms with E-state index < -0.39 is 5.41 Å². The molecule has 4 heteroatoms. The Kier molecular flexibility index (Phi) is 9.40. The fraction of sp³-hybridized carbons (Fsp3) is 0.174. The molecule has 2 N–H and O–H groups in total. The molecule has 0 aliphatic heterocycles. The number of aryl methyl sites for hydroxylation is 2. The highest BCUT2D eigenvalue weighted by molar-refractivity contribution is 5.90. The molecule has 0 fully saturated rings. The van der Waals surface area contributed by atoms with Crippen LogP contribution >= 0.6 is 0 Å². The number of aliphatic hydroxyl groups is 2. The zero-order valence-corrected chi connectivity index (χ0v) is 28.8. The number of aliphatic hydroxyl groups excluding tert-OH is 2. The second-order valence-corrected chi connectivity index (χ2v) is 13.1. The molecule has 0 radical (unpaired) electrons. The lowest BCUT2D eigenvalue weighted by atomic mass is 9.69. The first kappa shape index (κ1) is 33.1. The van der Waals surface area contributed by atoms with Crippen molar-refractivity contribution in [3.8, 4) is 33.8 Å². The van der Waals surface area contributed by atoms with Crippen molar-refractivity contribution in [1.82, 2.24) is 0 Å². The fourth-order valence-corrected chi connectivity index (χ4v) is 7.22. The third-order valence-electron chi connectivity index (χ3n) is 9.85. The van der Waals surface area contributed by atoms with Crippen molar-refractivity contribution in [2.45, 2.75) is 26.2 Å². The smallest absolute Gasteiger partial charge is 0.130 e. The van der Waals surface area contributed by atoms with Gasteiger partial charge in [0.15, 0.2) is 0 Å². The fourth-order valence-electron chi connectivity index (χ4n) is 7.22. The molecule has 0 saturated heterocycles. The van der Waals surface area contributed by atoms with E-state index in [9.17, 15) is 10.2 Å². The lowest BCUT2D eigenvalue weighted by Gasteiger charge is -2.34. The second-order valence-electron chi connectivity index (χ2n) is 13.1. The summed E-state index contributed by atoms with van der Waals surface area (Å²) >= 11 is 0. The first-order valence-electron chi connectivity index (χ1n) is 17.2. The van der Waals surface area contributed by atoms with Gasteiger partial charge in [0.1, 0.15) is 24.7 Å². The number of hydrogen-bond donors (Lipinski definition) is 2. The van der Waals surface area contributed by atoms with Crippen molar-refractivity contribution in [2.75, 3.05) is 26.4 Å². The summed E-state index contributed by atoms with van der Waals surface area (Å²) in [4.78, 5) is 0. The Morgan fingerprint density at radius 2 is 0.880 bits per heavy atom. The van der Waals surface area contributed by atoms with E-state index in [2.05, 4.69) is 160 Å². The standard InChI is InChI=1S/C46H42O4/c1-31-25-40(29-42(44(31)49-23-21-47)37-19-17-33-11-7-9-13-35(33)27-37)46(3,39-15-5-4-6-16-39)41-26-32(2)45(50-24-22-48)43(30-41)38-20-18-34-12-8-10-14-36(34)28-38/h4-20,25-30,47-48H,21-24H2,1-3H3. The SMILES string of the molecule is Cc1cc(C(C)(c2ccccc2)c2cc(C)c(OCCO)c(-c3ccc4ccccc4c3)c2)cc(-c2ccc3ccccc3c2)c1OCCO. The predicted octanol–water partition coefficient (Wildman–Crippen LogP) is 10.0. The van der Waals surface area contributed by atoms with Gasteiger partial charge in [-0.1, -0.05) is 115 Å². The van der Waals surface area contributed by atoms with Crippen molar-refractivity contribution >= 4 is 21.5 Å². The summed E-state index contributed by atoms with van der Waals surface area (Å²) in [7, 11) is 0. The van der Waals surface area contributed by atoms with E-state index in [0.29, 0.717) is 0 Å². The largest absolute Gasteiger partial charge is 0.490 e. The number of hydrogen-bond acceptors (Lipinski definition) is 4. The van der Waals surface area contributed by atoms with Crippen LogP contribution in [0.3, 0.4) is 0 Å². The van der Waals surface area contributed by atoms with Crippen LogP contribution in [0.5, 0.6) is 11.5 Å². The van der Waals surface area contributed by atoms with Gasteiger partial charge in [-0.3, -0.25) is 0 Å². The van der Waals surface area contributed by atoms with Crippen LogP contribution in [0.15, 0.2) is 140 Å². The summed E-state index contributed by atoms with van der Waals surface area (Å²) in [6.07, 6.45) is 0. The van der Waals surface area contributed by atoms with E-state index in [0.717, 1.165) is 72.3 Å². The second kappa shape index (κ2) is 14.2. The number of ether oxygens (including phenoxy) is 2. The number of fused-ring (bicyclic) bond motifs is 2. The molecular weight excluding hydrogens is 617 g/mol. The van der Waals surface area contributed by atoms with Gasteiger partial charge >= 0.3 is 0 Å². The van der Waals surface area contributed by atoms with Crippen molar-refractivity contribution in [2.24, 2.45) is 0 Å². The lowest BCUT2D eigenvalue weighted by molar-refractivity contribution is 0.201. The maximum Gasteiger partial charge on any atom is 0.130 e. The van der Waals surface area contributed by atoms with Gasteiger partial charge in [-0.25, -0.2) is 0 Å². The summed E-state index contributed by atoms with van der Waals surface area (Å²) in [5.41, 5.74) is 8.87. The Balaban J connectivity index is 1.48. The summed E-state index contributed by atoms with van der Waals surface area (Å²) in [6.45, 7) is 6.75. The van der Waals surface area contributed by atoms with Crippen LogP contribution in [0.1, 0.15) is 34.7 Å². The van der Waals surface area contributed by atoms with Gasteiger partial charge < -0.3 is 19.7 Å². The molecule has 0 spiro atoms. The van der Waals surface area contributed by atoms with Crippen molar-refractivity contribution < 1.29 is 19.7 Å². The topological polar surface area (TPSA) is 58.9 Å². The highest BCUT2D eigenvalue weighted by atomic mass is 16.5. The van der Waals surface area contributed by atoms with Crippen molar-refractivity contribution in [1.29, 1.82) is 0 Å². The molecule has 0 atom stereocenters. The first-order valence-corrected chi connectivity index (χ1v) is 17.2. The molecule has 0 aromatic heterocycles. The van der Waals surface area contributed by atoms with E-state index in [1.54, 1.807) is 0 Å². The molecule has 7 aromatic carbocycles. The summed E-state index contributed by atoms with van der Waals surface area (Å²) in [5.74, 6) is 1.54. The molecule has 0 heterocycles. The van der Waals surface area contributed by atoms with Crippen LogP contribution < -0.4 is 9.47 Å². The maximum atomic E-state index is 9.73. The van der Waals surface area contributed by atoms with E-state index in [1.807, 2.05) is 0 Å². The molecule has 0 bridgehead atoms. The molecule has 7 aromatic rings. The van der Waals surface area contributed by atoms with Crippen LogP contribution in [0.25, 0.3) is 43.8 Å². The van der Waals surface area contributed by atoms with Crippen molar-refractivity contribution in [3.05, 3.63) is 167 Å². The summed E-state index contributed by atoms with van der Waals surface area (Å²) in [5, 5.41) is 24.1. The van der Waals surface area contributed by atoms with E-state index in [4.69, 9.17) is 9.47 Å². The van der Waals surface area contributed by atoms with Gasteiger partial charge in [0.05, 0.1) is 13.2 Å². The van der Waals surface area contributed by atoms with E-state index in [1.165, 1.54) is 10.8 Å². The number of benzene rings is 7. The molecular formula is C46H42O4. The monoisotopic (exact) mass is 658 g/mol. The molecule has 0 saturated carbocycles. The highest BCUT2D eigenvalue weighted by Gasteiger charge is 2.34. The zero-order chi connectivity index (χ0) is 34.7. The van der Waals surface area contributed by atoms with Gasteiger partial charge in [0.2, 0.25) is 0 Å².